The van der Waals surface area contributed by atoms with Crippen LogP contribution in [-0.4, -0.2) is 17.0 Å². The zero-order chi connectivity index (χ0) is 22.6. The predicted octanol–water partition coefficient (Wildman–Crippen LogP) is 6.23. The molecule has 0 atom stereocenters. The Hall–Kier alpha value is -2.88. The first kappa shape index (κ1) is 20.7. The molecule has 0 aliphatic heterocycles. The quantitative estimate of drug-likeness (QED) is 0.327. The molecule has 33 heavy (non-hydrogen) atoms. The molecule has 0 radical (unpaired) electrons. The van der Waals surface area contributed by atoms with Gasteiger partial charge in [0.2, 0.25) is 0 Å². The first-order chi connectivity index (χ1) is 16.0. The van der Waals surface area contributed by atoms with Gasteiger partial charge >= 0.3 is 11.9 Å². The molecule has 0 aromatic heterocycles. The van der Waals surface area contributed by atoms with Crippen molar-refractivity contribution < 1.29 is 19.4 Å². The minimum atomic E-state index is -0.948. The molecule has 4 nitrogen and oxygen atoms in total. The van der Waals surface area contributed by atoms with Gasteiger partial charge in [-0.3, -0.25) is 4.79 Å². The molecule has 7 rings (SSSR count). The van der Waals surface area contributed by atoms with E-state index in [1.54, 1.807) is 6.08 Å². The van der Waals surface area contributed by atoms with Crippen molar-refractivity contribution >= 4 is 18.0 Å². The fourth-order valence-corrected chi connectivity index (χ4v) is 7.12. The predicted molar refractivity (Wildman–Crippen MR) is 127 cm³/mol. The van der Waals surface area contributed by atoms with E-state index in [9.17, 15) is 9.59 Å². The molecule has 4 heteroatoms. The molecule has 5 aliphatic carbocycles. The lowest BCUT2D eigenvalue weighted by Gasteiger charge is -2.57. The molecular formula is C29H30O4. The lowest BCUT2D eigenvalue weighted by atomic mass is 9.48. The van der Waals surface area contributed by atoms with Crippen molar-refractivity contribution in [2.24, 2.45) is 23.7 Å². The van der Waals surface area contributed by atoms with Gasteiger partial charge in [0.1, 0.15) is 5.75 Å². The van der Waals surface area contributed by atoms with E-state index in [0.717, 1.165) is 59.1 Å². The van der Waals surface area contributed by atoms with Crippen LogP contribution in [0, 0.1) is 23.7 Å². The second-order valence-electron chi connectivity index (χ2n) is 10.9. The van der Waals surface area contributed by atoms with Gasteiger partial charge in [-0.1, -0.05) is 30.3 Å². The highest BCUT2D eigenvalue weighted by Crippen LogP contribution is 2.62. The first-order valence-electron chi connectivity index (χ1n) is 12.4. The number of esters is 1. The average Bonchev–Trinajstić information content (AvgIpc) is 3.63. The van der Waals surface area contributed by atoms with Crippen molar-refractivity contribution in [1.82, 2.24) is 0 Å². The number of hydrogen-bond donors (Lipinski definition) is 1. The lowest BCUT2D eigenvalue weighted by Crippen LogP contribution is -2.48. The normalized spacial score (nSPS) is 30.0. The minimum absolute atomic E-state index is 0.0664. The monoisotopic (exact) mass is 442 g/mol. The Balaban J connectivity index is 1.37. The Morgan fingerprint density at radius 3 is 2.06 bits per heavy atom. The summed E-state index contributed by atoms with van der Waals surface area (Å²) in [6.45, 7) is 0. The zero-order valence-corrected chi connectivity index (χ0v) is 18.8. The number of aliphatic carboxylic acids is 1. The Kier molecular flexibility index (Phi) is 4.93. The molecule has 4 bridgehead atoms. The van der Waals surface area contributed by atoms with E-state index in [-0.39, 0.29) is 17.3 Å². The van der Waals surface area contributed by atoms with Gasteiger partial charge in [0.05, 0.1) is 5.92 Å². The molecule has 2 aromatic carbocycles. The van der Waals surface area contributed by atoms with Gasteiger partial charge in [0, 0.05) is 11.6 Å². The summed E-state index contributed by atoms with van der Waals surface area (Å²) in [5.41, 5.74) is 4.45. The lowest BCUT2D eigenvalue weighted by molar-refractivity contribution is -0.136. The molecule has 0 saturated heterocycles. The first-order valence-corrected chi connectivity index (χ1v) is 12.4. The molecule has 1 N–H and O–H groups in total. The standard InChI is InChI=1S/C29H30O4/c30-27(31)10-3-18-1-4-22(5-2-18)24-8-9-26(33-28(32)23-6-7-23)25(14-24)29-15-19-11-20(16-29)13-21(12-19)17-29/h1-5,8-10,14,19-21,23H,6-7,11-13,15-17H2,(H,30,31). The number of rotatable bonds is 6. The number of carboxylic acid groups (broad SMARTS) is 1. The number of carboxylic acids is 1. The number of benzene rings is 2. The molecule has 0 heterocycles. The molecule has 5 fully saturated rings. The van der Waals surface area contributed by atoms with Crippen molar-refractivity contribution in [2.45, 2.75) is 56.8 Å². The van der Waals surface area contributed by atoms with Crippen LogP contribution >= 0.6 is 0 Å². The smallest absolute Gasteiger partial charge is 0.328 e. The number of carbonyl (C=O) groups is 2. The van der Waals surface area contributed by atoms with Crippen LogP contribution in [0.15, 0.2) is 48.5 Å². The molecular weight excluding hydrogens is 412 g/mol. The van der Waals surface area contributed by atoms with Crippen LogP contribution in [0.5, 0.6) is 5.75 Å². The van der Waals surface area contributed by atoms with Crippen LogP contribution in [0.2, 0.25) is 0 Å². The average molecular weight is 443 g/mol. The van der Waals surface area contributed by atoms with Crippen LogP contribution in [0.3, 0.4) is 0 Å². The Morgan fingerprint density at radius 2 is 1.48 bits per heavy atom. The van der Waals surface area contributed by atoms with Crippen LogP contribution in [0.25, 0.3) is 17.2 Å². The highest BCUT2D eigenvalue weighted by Gasteiger charge is 2.52. The van der Waals surface area contributed by atoms with E-state index in [2.05, 4.69) is 12.1 Å². The van der Waals surface area contributed by atoms with E-state index in [1.807, 2.05) is 30.3 Å². The molecule has 5 aliphatic rings. The van der Waals surface area contributed by atoms with Crippen LogP contribution in [0.4, 0.5) is 0 Å². The second kappa shape index (κ2) is 7.86. The number of carbonyl (C=O) groups excluding carboxylic acids is 1. The van der Waals surface area contributed by atoms with Crippen molar-refractivity contribution in [3.63, 3.8) is 0 Å². The number of ether oxygens (including phenoxy) is 1. The number of hydrogen-bond acceptors (Lipinski definition) is 3. The maximum absolute atomic E-state index is 12.6. The Morgan fingerprint density at radius 1 is 0.879 bits per heavy atom. The van der Waals surface area contributed by atoms with Gasteiger partial charge in [-0.05, 0) is 109 Å². The highest BCUT2D eigenvalue weighted by atomic mass is 16.5. The molecule has 2 aromatic rings. The van der Waals surface area contributed by atoms with Gasteiger partial charge in [-0.2, -0.15) is 0 Å². The van der Waals surface area contributed by atoms with Gasteiger partial charge < -0.3 is 9.84 Å². The van der Waals surface area contributed by atoms with Crippen LogP contribution < -0.4 is 4.74 Å². The maximum atomic E-state index is 12.6. The summed E-state index contributed by atoms with van der Waals surface area (Å²) in [5, 5.41) is 8.86. The van der Waals surface area contributed by atoms with E-state index in [4.69, 9.17) is 9.84 Å². The third-order valence-electron chi connectivity index (χ3n) is 8.37. The van der Waals surface area contributed by atoms with E-state index in [1.165, 1.54) is 44.1 Å². The van der Waals surface area contributed by atoms with Crippen molar-refractivity contribution in [2.75, 3.05) is 0 Å². The van der Waals surface area contributed by atoms with Crippen molar-refractivity contribution in [3.05, 3.63) is 59.7 Å². The van der Waals surface area contributed by atoms with E-state index in [0.29, 0.717) is 0 Å². The maximum Gasteiger partial charge on any atom is 0.328 e. The zero-order valence-electron chi connectivity index (χ0n) is 18.8. The largest absolute Gasteiger partial charge is 0.478 e. The topological polar surface area (TPSA) is 63.6 Å². The Bertz CT molecular complexity index is 1090. The van der Waals surface area contributed by atoms with E-state index < -0.39 is 5.97 Å². The van der Waals surface area contributed by atoms with Gasteiger partial charge in [0.25, 0.3) is 0 Å². The SMILES string of the molecule is O=C(O)C=Cc1ccc(-c2ccc(OC(=O)C3CC3)c(C34CC5CC(CC(C5)C3)C4)c2)cc1. The molecule has 0 spiro atoms. The fourth-order valence-electron chi connectivity index (χ4n) is 7.12. The fraction of sp³-hybridized carbons (Fsp3) is 0.448. The summed E-state index contributed by atoms with van der Waals surface area (Å²) >= 11 is 0. The highest BCUT2D eigenvalue weighted by molar-refractivity contribution is 5.85. The third-order valence-corrected chi connectivity index (χ3v) is 8.37. The summed E-state index contributed by atoms with van der Waals surface area (Å²) in [7, 11) is 0. The molecule has 0 unspecified atom stereocenters. The van der Waals surface area contributed by atoms with Gasteiger partial charge in [-0.25, -0.2) is 4.79 Å². The van der Waals surface area contributed by atoms with Crippen LogP contribution in [0.1, 0.15) is 62.5 Å². The Labute approximate surface area is 194 Å². The summed E-state index contributed by atoms with van der Waals surface area (Å²) in [5.74, 6) is 2.28. The summed E-state index contributed by atoms with van der Waals surface area (Å²) in [6, 6.07) is 14.3. The van der Waals surface area contributed by atoms with Gasteiger partial charge in [0.15, 0.2) is 0 Å². The van der Waals surface area contributed by atoms with E-state index >= 15 is 0 Å². The van der Waals surface area contributed by atoms with Crippen molar-refractivity contribution in [3.8, 4) is 16.9 Å². The molecule has 0 amide bonds. The second-order valence-corrected chi connectivity index (χ2v) is 10.9. The van der Waals surface area contributed by atoms with Gasteiger partial charge in [-0.15, -0.1) is 0 Å². The van der Waals surface area contributed by atoms with Crippen LogP contribution in [-0.2, 0) is 15.0 Å². The molecule has 170 valence electrons. The molecule has 5 saturated carbocycles. The summed E-state index contributed by atoms with van der Waals surface area (Å²) in [4.78, 5) is 23.4. The summed E-state index contributed by atoms with van der Waals surface area (Å²) in [6.07, 6.45) is 12.4. The van der Waals surface area contributed by atoms with Crippen molar-refractivity contribution in [1.29, 1.82) is 0 Å². The third kappa shape index (κ3) is 4.01. The summed E-state index contributed by atoms with van der Waals surface area (Å²) < 4.78 is 6.02. The minimum Gasteiger partial charge on any atom is -0.478 e.